The Labute approximate surface area is 184 Å². The Morgan fingerprint density at radius 3 is 2.19 bits per heavy atom. The van der Waals surface area contributed by atoms with E-state index in [1.807, 2.05) is 48.5 Å². The number of ether oxygens (including phenoxy) is 1. The molecule has 0 aromatic heterocycles. The number of benzene rings is 2. The number of imide groups is 1. The van der Waals surface area contributed by atoms with E-state index in [1.165, 1.54) is 10.5 Å². The number of para-hydroxylation sites is 1. The minimum atomic E-state index is -0.291. The maximum Gasteiger partial charge on any atom is 0.282 e. The summed E-state index contributed by atoms with van der Waals surface area (Å²) in [7, 11) is 1.59. The van der Waals surface area contributed by atoms with Crippen molar-refractivity contribution in [2.24, 2.45) is 5.92 Å². The number of rotatable bonds is 5. The van der Waals surface area contributed by atoms with E-state index in [2.05, 4.69) is 25.7 Å². The quantitative estimate of drug-likeness (QED) is 0.653. The first-order chi connectivity index (χ1) is 14.9. The second-order valence-electron chi connectivity index (χ2n) is 8.79. The highest BCUT2D eigenvalue weighted by molar-refractivity contribution is 6.45. The van der Waals surface area contributed by atoms with E-state index in [0.717, 1.165) is 25.9 Å². The lowest BCUT2D eigenvalue weighted by Gasteiger charge is -2.32. The number of methoxy groups -OCH3 is 1. The molecule has 0 N–H and O–H groups in total. The van der Waals surface area contributed by atoms with E-state index >= 15 is 0 Å². The molecule has 2 aromatic rings. The fraction of sp³-hybridized carbons (Fsp3) is 0.385. The van der Waals surface area contributed by atoms with Crippen LogP contribution in [0.25, 0.3) is 5.57 Å². The third kappa shape index (κ3) is 3.85. The van der Waals surface area contributed by atoms with Gasteiger partial charge in [-0.1, -0.05) is 51.1 Å². The third-order valence-corrected chi connectivity index (χ3v) is 6.35. The molecule has 2 heterocycles. The Morgan fingerprint density at radius 1 is 0.935 bits per heavy atom. The van der Waals surface area contributed by atoms with Gasteiger partial charge < -0.3 is 9.64 Å². The Morgan fingerprint density at radius 2 is 1.58 bits per heavy atom. The molecule has 0 unspecified atom stereocenters. The van der Waals surface area contributed by atoms with Crippen LogP contribution in [0.2, 0.25) is 0 Å². The van der Waals surface area contributed by atoms with Gasteiger partial charge in [0.1, 0.15) is 11.4 Å². The largest absolute Gasteiger partial charge is 0.496 e. The summed E-state index contributed by atoms with van der Waals surface area (Å²) in [6, 6.07) is 15.1. The standard InChI is InChI=1S/C26H30N2O3/c1-17(2)19-9-11-20(12-10-19)28-25(29)23(21-7-5-6-8-22(21)31-4)24(26(28)30)27-15-13-18(3)14-16-27/h5-12,17-18H,13-16H2,1-4H3. The van der Waals surface area contributed by atoms with E-state index in [-0.39, 0.29) is 11.8 Å². The summed E-state index contributed by atoms with van der Waals surface area (Å²) in [5, 5.41) is 0. The third-order valence-electron chi connectivity index (χ3n) is 6.35. The maximum atomic E-state index is 13.7. The molecule has 4 rings (SSSR count). The molecule has 0 saturated carbocycles. The Bertz CT molecular complexity index is 1020. The van der Waals surface area contributed by atoms with Crippen LogP contribution in [-0.4, -0.2) is 36.9 Å². The van der Waals surface area contributed by atoms with E-state index in [9.17, 15) is 9.59 Å². The summed E-state index contributed by atoms with van der Waals surface area (Å²) in [5.41, 5.74) is 3.37. The molecule has 0 radical (unpaired) electrons. The maximum absolute atomic E-state index is 13.7. The molecule has 0 bridgehead atoms. The first-order valence-corrected chi connectivity index (χ1v) is 11.0. The Balaban J connectivity index is 1.80. The highest BCUT2D eigenvalue weighted by atomic mass is 16.5. The number of likely N-dealkylation sites (tertiary alicyclic amines) is 1. The second-order valence-corrected chi connectivity index (χ2v) is 8.79. The molecular formula is C26H30N2O3. The van der Waals surface area contributed by atoms with Crippen LogP contribution in [0.4, 0.5) is 5.69 Å². The van der Waals surface area contributed by atoms with E-state index in [4.69, 9.17) is 4.74 Å². The van der Waals surface area contributed by atoms with Gasteiger partial charge in [-0.2, -0.15) is 0 Å². The van der Waals surface area contributed by atoms with E-state index in [1.54, 1.807) is 7.11 Å². The van der Waals surface area contributed by atoms with Gasteiger partial charge in [-0.05, 0) is 48.4 Å². The predicted molar refractivity (Wildman–Crippen MR) is 123 cm³/mol. The highest BCUT2D eigenvalue weighted by Gasteiger charge is 2.43. The number of hydrogen-bond donors (Lipinski definition) is 0. The van der Waals surface area contributed by atoms with Crippen LogP contribution in [0.3, 0.4) is 0 Å². The molecule has 31 heavy (non-hydrogen) atoms. The van der Waals surface area contributed by atoms with Crippen molar-refractivity contribution in [2.75, 3.05) is 25.1 Å². The number of hydrogen-bond acceptors (Lipinski definition) is 4. The number of nitrogens with zero attached hydrogens (tertiary/aromatic N) is 2. The lowest BCUT2D eigenvalue weighted by Crippen LogP contribution is -2.38. The van der Waals surface area contributed by atoms with Gasteiger partial charge in [-0.15, -0.1) is 0 Å². The first-order valence-electron chi connectivity index (χ1n) is 11.0. The van der Waals surface area contributed by atoms with Crippen molar-refractivity contribution < 1.29 is 14.3 Å². The molecule has 2 aromatic carbocycles. The van der Waals surface area contributed by atoms with Crippen molar-refractivity contribution in [3.8, 4) is 5.75 Å². The number of carbonyl (C=O) groups excluding carboxylic acids is 2. The van der Waals surface area contributed by atoms with Gasteiger partial charge in [0.15, 0.2) is 0 Å². The molecule has 1 saturated heterocycles. The highest BCUT2D eigenvalue weighted by Crippen LogP contribution is 2.39. The molecular weight excluding hydrogens is 388 g/mol. The molecule has 1 fully saturated rings. The summed E-state index contributed by atoms with van der Waals surface area (Å²) in [6.07, 6.45) is 2.01. The fourth-order valence-corrected chi connectivity index (χ4v) is 4.38. The molecule has 162 valence electrons. The van der Waals surface area contributed by atoms with Gasteiger partial charge >= 0.3 is 0 Å². The van der Waals surface area contributed by atoms with Crippen LogP contribution in [0.15, 0.2) is 54.2 Å². The van der Waals surface area contributed by atoms with Gasteiger partial charge in [-0.3, -0.25) is 9.59 Å². The van der Waals surface area contributed by atoms with Gasteiger partial charge in [0.2, 0.25) is 0 Å². The van der Waals surface area contributed by atoms with Gasteiger partial charge in [0.05, 0.1) is 18.4 Å². The number of amides is 2. The Hall–Kier alpha value is -3.08. The summed E-state index contributed by atoms with van der Waals surface area (Å²) in [4.78, 5) is 30.8. The van der Waals surface area contributed by atoms with Crippen molar-refractivity contribution in [3.05, 3.63) is 65.4 Å². The van der Waals surface area contributed by atoms with Crippen LogP contribution in [0.1, 0.15) is 50.7 Å². The van der Waals surface area contributed by atoms with E-state index in [0.29, 0.717) is 40.1 Å². The predicted octanol–water partition coefficient (Wildman–Crippen LogP) is 4.84. The summed E-state index contributed by atoms with van der Waals surface area (Å²) >= 11 is 0. The van der Waals surface area contributed by atoms with Crippen LogP contribution >= 0.6 is 0 Å². The molecule has 0 spiro atoms. The zero-order chi connectivity index (χ0) is 22.1. The van der Waals surface area contributed by atoms with Crippen molar-refractivity contribution in [1.29, 1.82) is 0 Å². The lowest BCUT2D eigenvalue weighted by atomic mass is 9.97. The number of carbonyl (C=O) groups is 2. The van der Waals surface area contributed by atoms with Crippen molar-refractivity contribution in [2.45, 2.75) is 39.5 Å². The SMILES string of the molecule is COc1ccccc1C1=C(N2CCC(C)CC2)C(=O)N(c2ccc(C(C)C)cc2)C1=O. The molecule has 2 aliphatic heterocycles. The van der Waals surface area contributed by atoms with Crippen LogP contribution in [0, 0.1) is 5.92 Å². The average Bonchev–Trinajstić information content (AvgIpc) is 3.04. The zero-order valence-corrected chi connectivity index (χ0v) is 18.7. The van der Waals surface area contributed by atoms with Crippen LogP contribution in [0.5, 0.6) is 5.75 Å². The van der Waals surface area contributed by atoms with Gasteiger partial charge in [-0.25, -0.2) is 4.90 Å². The smallest absolute Gasteiger partial charge is 0.282 e. The molecule has 2 aliphatic rings. The van der Waals surface area contributed by atoms with Crippen LogP contribution in [-0.2, 0) is 9.59 Å². The number of piperidine rings is 1. The monoisotopic (exact) mass is 418 g/mol. The molecule has 5 nitrogen and oxygen atoms in total. The summed E-state index contributed by atoms with van der Waals surface area (Å²) in [6.45, 7) is 8.02. The van der Waals surface area contributed by atoms with Crippen molar-refractivity contribution in [1.82, 2.24) is 4.90 Å². The summed E-state index contributed by atoms with van der Waals surface area (Å²) in [5.74, 6) is 1.06. The topological polar surface area (TPSA) is 49.9 Å². The van der Waals surface area contributed by atoms with Crippen LogP contribution < -0.4 is 9.64 Å². The first kappa shape index (κ1) is 21.2. The molecule has 0 atom stereocenters. The number of anilines is 1. The van der Waals surface area contributed by atoms with Gasteiger partial charge in [0.25, 0.3) is 11.8 Å². The zero-order valence-electron chi connectivity index (χ0n) is 18.7. The lowest BCUT2D eigenvalue weighted by molar-refractivity contribution is -0.120. The Kier molecular flexibility index (Phi) is 5.86. The second kappa shape index (κ2) is 8.58. The normalized spacial score (nSPS) is 17.8. The van der Waals surface area contributed by atoms with Gasteiger partial charge in [0, 0.05) is 18.7 Å². The molecule has 0 aliphatic carbocycles. The minimum Gasteiger partial charge on any atom is -0.496 e. The molecule has 2 amide bonds. The fourth-order valence-electron chi connectivity index (χ4n) is 4.38. The average molecular weight is 419 g/mol. The molecule has 5 heteroatoms. The van der Waals surface area contributed by atoms with E-state index < -0.39 is 0 Å². The summed E-state index contributed by atoms with van der Waals surface area (Å²) < 4.78 is 5.54. The van der Waals surface area contributed by atoms with Crippen molar-refractivity contribution in [3.63, 3.8) is 0 Å². The minimum absolute atomic E-state index is 0.252. The van der Waals surface area contributed by atoms with Crippen molar-refractivity contribution >= 4 is 23.1 Å².